The van der Waals surface area contributed by atoms with Gasteiger partial charge in [0.05, 0.1) is 6.61 Å². The molecule has 0 aliphatic heterocycles. The molecule has 0 amide bonds. The highest BCUT2D eigenvalue weighted by atomic mass is 35.5. The third kappa shape index (κ3) is 3.35. The minimum Gasteiger partial charge on any atom is -0.472 e. The molecule has 2 N–H and O–H groups in total. The first-order chi connectivity index (χ1) is 6.61. The summed E-state index contributed by atoms with van der Waals surface area (Å²) in [6.45, 7) is 2.33. The molecular weight excluding hydrogens is 206 g/mol. The van der Waals surface area contributed by atoms with Gasteiger partial charge in [0.15, 0.2) is 0 Å². The first-order valence-electron chi connectivity index (χ1n) is 4.07. The van der Waals surface area contributed by atoms with E-state index in [1.165, 1.54) is 6.07 Å². The van der Waals surface area contributed by atoms with Crippen LogP contribution in [0.4, 0.5) is 5.95 Å². The zero-order valence-corrected chi connectivity index (χ0v) is 8.78. The lowest BCUT2D eigenvalue weighted by molar-refractivity contribution is 0.0890. The summed E-state index contributed by atoms with van der Waals surface area (Å²) in [5.41, 5.74) is 5.39. The van der Waals surface area contributed by atoms with E-state index in [0.29, 0.717) is 12.5 Å². The molecule has 0 radical (unpaired) electrons. The molecule has 1 aromatic heterocycles. The van der Waals surface area contributed by atoms with Gasteiger partial charge in [-0.15, -0.1) is 0 Å². The average Bonchev–Trinajstić information content (AvgIpc) is 2.01. The van der Waals surface area contributed by atoms with E-state index in [9.17, 15) is 0 Å². The summed E-state index contributed by atoms with van der Waals surface area (Å²) in [6, 6.07) is 1.50. The van der Waals surface area contributed by atoms with E-state index >= 15 is 0 Å². The summed E-state index contributed by atoms with van der Waals surface area (Å²) < 4.78 is 10.3. The molecule has 14 heavy (non-hydrogen) atoms. The Morgan fingerprint density at radius 2 is 2.29 bits per heavy atom. The van der Waals surface area contributed by atoms with E-state index in [-0.39, 0.29) is 17.2 Å². The van der Waals surface area contributed by atoms with Gasteiger partial charge >= 0.3 is 0 Å². The molecular formula is C8H12ClN3O2. The standard InChI is InChI=1S/C8H12ClN3O2/c1-5(4-13-2)14-7-3-6(9)11-8(10)12-7/h3,5H,4H2,1-2H3,(H2,10,11,12). The van der Waals surface area contributed by atoms with Crippen molar-refractivity contribution in [3.63, 3.8) is 0 Å². The number of rotatable bonds is 4. The van der Waals surface area contributed by atoms with Crippen LogP contribution in [0.25, 0.3) is 0 Å². The van der Waals surface area contributed by atoms with E-state index in [2.05, 4.69) is 9.97 Å². The van der Waals surface area contributed by atoms with Crippen LogP contribution in [0.5, 0.6) is 5.88 Å². The van der Waals surface area contributed by atoms with Crippen molar-refractivity contribution in [2.45, 2.75) is 13.0 Å². The van der Waals surface area contributed by atoms with Crippen LogP contribution in [0.2, 0.25) is 5.15 Å². The van der Waals surface area contributed by atoms with Crippen LogP contribution in [0.3, 0.4) is 0 Å². The van der Waals surface area contributed by atoms with Crippen molar-refractivity contribution in [2.24, 2.45) is 0 Å². The van der Waals surface area contributed by atoms with Gasteiger partial charge in [-0.05, 0) is 6.92 Å². The molecule has 0 fully saturated rings. The van der Waals surface area contributed by atoms with Gasteiger partial charge in [-0.2, -0.15) is 4.98 Å². The number of nitrogen functional groups attached to an aromatic ring is 1. The quantitative estimate of drug-likeness (QED) is 0.766. The molecule has 1 heterocycles. The highest BCUT2D eigenvalue weighted by molar-refractivity contribution is 6.29. The van der Waals surface area contributed by atoms with Crippen molar-refractivity contribution >= 4 is 17.5 Å². The summed E-state index contributed by atoms with van der Waals surface area (Å²) in [7, 11) is 1.60. The van der Waals surface area contributed by atoms with Gasteiger partial charge in [-0.1, -0.05) is 11.6 Å². The van der Waals surface area contributed by atoms with Crippen LogP contribution < -0.4 is 10.5 Å². The topological polar surface area (TPSA) is 70.3 Å². The molecule has 0 bridgehead atoms. The Hall–Kier alpha value is -1.07. The fourth-order valence-corrected chi connectivity index (χ4v) is 1.13. The lowest BCUT2D eigenvalue weighted by Crippen LogP contribution is -2.18. The number of anilines is 1. The van der Waals surface area contributed by atoms with E-state index < -0.39 is 0 Å². The normalized spacial score (nSPS) is 12.5. The Kier molecular flexibility index (Phi) is 3.91. The minimum absolute atomic E-state index is 0.0946. The second-order valence-electron chi connectivity index (χ2n) is 2.77. The van der Waals surface area contributed by atoms with Gasteiger partial charge in [-0.25, -0.2) is 4.98 Å². The second-order valence-corrected chi connectivity index (χ2v) is 3.16. The fourth-order valence-electron chi connectivity index (χ4n) is 0.949. The Balaban J connectivity index is 2.66. The summed E-state index contributed by atoms with van der Waals surface area (Å²) in [5, 5.41) is 0.261. The molecule has 0 spiro atoms. The summed E-state index contributed by atoms with van der Waals surface area (Å²) in [4.78, 5) is 7.57. The van der Waals surface area contributed by atoms with Crippen molar-refractivity contribution < 1.29 is 9.47 Å². The van der Waals surface area contributed by atoms with Crippen LogP contribution in [-0.2, 0) is 4.74 Å². The third-order valence-electron chi connectivity index (χ3n) is 1.41. The number of hydrogen-bond acceptors (Lipinski definition) is 5. The van der Waals surface area contributed by atoms with Crippen LogP contribution in [0.15, 0.2) is 6.07 Å². The van der Waals surface area contributed by atoms with E-state index in [4.69, 9.17) is 26.8 Å². The smallest absolute Gasteiger partial charge is 0.224 e. The number of ether oxygens (including phenoxy) is 2. The lowest BCUT2D eigenvalue weighted by atomic mass is 10.4. The van der Waals surface area contributed by atoms with Crippen LogP contribution in [0.1, 0.15) is 6.92 Å². The Labute approximate surface area is 87.2 Å². The SMILES string of the molecule is COCC(C)Oc1cc(Cl)nc(N)n1. The van der Waals surface area contributed by atoms with Crippen LogP contribution in [-0.4, -0.2) is 29.8 Å². The van der Waals surface area contributed by atoms with Gasteiger partial charge in [0, 0.05) is 13.2 Å². The Morgan fingerprint density at radius 3 is 2.86 bits per heavy atom. The highest BCUT2D eigenvalue weighted by Gasteiger charge is 2.06. The minimum atomic E-state index is -0.106. The Bertz CT molecular complexity index is 288. The molecule has 78 valence electrons. The molecule has 0 saturated carbocycles. The molecule has 0 aliphatic rings. The van der Waals surface area contributed by atoms with Crippen molar-refractivity contribution in [3.8, 4) is 5.88 Å². The zero-order valence-electron chi connectivity index (χ0n) is 8.03. The number of nitrogens with two attached hydrogens (primary N) is 1. The number of aromatic nitrogens is 2. The molecule has 1 aromatic rings. The predicted molar refractivity (Wildman–Crippen MR) is 53.4 cm³/mol. The van der Waals surface area contributed by atoms with Crippen molar-refractivity contribution in [1.82, 2.24) is 9.97 Å². The molecule has 1 atom stereocenters. The van der Waals surface area contributed by atoms with Crippen molar-refractivity contribution in [1.29, 1.82) is 0 Å². The Morgan fingerprint density at radius 1 is 1.57 bits per heavy atom. The maximum Gasteiger partial charge on any atom is 0.224 e. The first-order valence-corrected chi connectivity index (χ1v) is 4.45. The maximum atomic E-state index is 5.67. The lowest BCUT2D eigenvalue weighted by Gasteiger charge is -2.12. The number of hydrogen-bond donors (Lipinski definition) is 1. The van der Waals surface area contributed by atoms with Crippen molar-refractivity contribution in [2.75, 3.05) is 19.5 Å². The van der Waals surface area contributed by atoms with Gasteiger partial charge in [0.1, 0.15) is 11.3 Å². The van der Waals surface area contributed by atoms with E-state index in [1.54, 1.807) is 7.11 Å². The predicted octanol–water partition coefficient (Wildman–Crippen LogP) is 1.13. The fraction of sp³-hybridized carbons (Fsp3) is 0.500. The van der Waals surface area contributed by atoms with Gasteiger partial charge in [-0.3, -0.25) is 0 Å². The molecule has 0 aromatic carbocycles. The summed E-state index contributed by atoms with van der Waals surface area (Å²) in [6.07, 6.45) is -0.106. The molecule has 0 aliphatic carbocycles. The highest BCUT2D eigenvalue weighted by Crippen LogP contribution is 2.15. The number of methoxy groups -OCH3 is 1. The van der Waals surface area contributed by atoms with Crippen molar-refractivity contribution in [3.05, 3.63) is 11.2 Å². The number of nitrogens with zero attached hydrogens (tertiary/aromatic N) is 2. The van der Waals surface area contributed by atoms with Gasteiger partial charge < -0.3 is 15.2 Å². The molecule has 1 unspecified atom stereocenters. The maximum absolute atomic E-state index is 5.67. The van der Waals surface area contributed by atoms with Gasteiger partial charge in [0.25, 0.3) is 0 Å². The molecule has 0 saturated heterocycles. The van der Waals surface area contributed by atoms with Gasteiger partial charge in [0.2, 0.25) is 11.8 Å². The molecule has 6 heteroatoms. The summed E-state index contributed by atoms with van der Waals surface area (Å²) in [5.74, 6) is 0.448. The summed E-state index contributed by atoms with van der Waals surface area (Å²) >= 11 is 5.67. The monoisotopic (exact) mass is 217 g/mol. The van der Waals surface area contributed by atoms with Crippen LogP contribution in [0, 0.1) is 0 Å². The van der Waals surface area contributed by atoms with E-state index in [0.717, 1.165) is 0 Å². The zero-order chi connectivity index (χ0) is 10.6. The number of halogens is 1. The van der Waals surface area contributed by atoms with Crippen LogP contribution >= 0.6 is 11.6 Å². The molecule has 1 rings (SSSR count). The first kappa shape index (κ1) is 11.0. The second kappa shape index (κ2) is 4.97. The third-order valence-corrected chi connectivity index (χ3v) is 1.61. The molecule has 5 nitrogen and oxygen atoms in total. The largest absolute Gasteiger partial charge is 0.472 e. The average molecular weight is 218 g/mol. The van der Waals surface area contributed by atoms with E-state index in [1.807, 2.05) is 6.92 Å².